The lowest BCUT2D eigenvalue weighted by molar-refractivity contribution is 0.151. The van der Waals surface area contributed by atoms with Gasteiger partial charge in [-0.05, 0) is 50.3 Å². The molecule has 0 spiro atoms. The highest BCUT2D eigenvalue weighted by Crippen LogP contribution is 2.28. The Labute approximate surface area is 128 Å². The maximum Gasteiger partial charge on any atom is 0.123 e. The summed E-state index contributed by atoms with van der Waals surface area (Å²) in [5, 5.41) is 10.2. The lowest BCUT2D eigenvalue weighted by atomic mass is 9.86. The van der Waals surface area contributed by atoms with Crippen molar-refractivity contribution in [2.24, 2.45) is 11.8 Å². The third-order valence-corrected chi connectivity index (χ3v) is 4.50. The van der Waals surface area contributed by atoms with Crippen LogP contribution in [0.3, 0.4) is 0 Å². The normalized spacial score (nSPS) is 17.3. The number of likely N-dealkylation sites (tertiary alicyclic amines) is 1. The van der Waals surface area contributed by atoms with E-state index in [4.69, 9.17) is 4.74 Å². The van der Waals surface area contributed by atoms with Crippen LogP contribution in [0.15, 0.2) is 18.2 Å². The number of rotatable bonds is 6. The van der Waals surface area contributed by atoms with Crippen LogP contribution in [0.4, 0.5) is 0 Å². The van der Waals surface area contributed by atoms with Gasteiger partial charge in [-0.1, -0.05) is 26.8 Å². The molecule has 0 radical (unpaired) electrons. The van der Waals surface area contributed by atoms with Gasteiger partial charge in [0.1, 0.15) is 11.5 Å². The molecule has 1 fully saturated rings. The highest BCUT2D eigenvalue weighted by Gasteiger charge is 2.22. The Kier molecular flexibility index (Phi) is 5.92. The van der Waals surface area contributed by atoms with Crippen LogP contribution in [0, 0.1) is 11.8 Å². The monoisotopic (exact) mass is 291 g/mol. The second-order valence-electron chi connectivity index (χ2n) is 6.50. The van der Waals surface area contributed by atoms with Gasteiger partial charge in [0.15, 0.2) is 0 Å². The van der Waals surface area contributed by atoms with E-state index in [-0.39, 0.29) is 0 Å². The van der Waals surface area contributed by atoms with Crippen LogP contribution in [0.5, 0.6) is 11.5 Å². The highest BCUT2D eigenvalue weighted by atomic mass is 16.5. The number of phenolic OH excluding ortho intramolecular Hbond substituents is 1. The SMILES string of the molecule is CCCOc1ccc(CN2CCC(C(C)C)CC2)c(O)c1. The topological polar surface area (TPSA) is 32.7 Å². The number of nitrogens with zero attached hydrogens (tertiary/aromatic N) is 1. The molecule has 3 heteroatoms. The summed E-state index contributed by atoms with van der Waals surface area (Å²) in [5.41, 5.74) is 1.00. The van der Waals surface area contributed by atoms with Gasteiger partial charge >= 0.3 is 0 Å². The van der Waals surface area contributed by atoms with E-state index in [9.17, 15) is 5.11 Å². The quantitative estimate of drug-likeness (QED) is 0.858. The summed E-state index contributed by atoms with van der Waals surface area (Å²) in [4.78, 5) is 2.44. The average molecular weight is 291 g/mol. The molecule has 1 aromatic carbocycles. The van der Waals surface area contributed by atoms with Crippen molar-refractivity contribution in [2.75, 3.05) is 19.7 Å². The number of piperidine rings is 1. The lowest BCUT2D eigenvalue weighted by Crippen LogP contribution is -2.34. The van der Waals surface area contributed by atoms with Crippen molar-refractivity contribution in [1.82, 2.24) is 4.90 Å². The predicted octanol–water partition coefficient (Wildman–Crippen LogP) is 4.05. The molecule has 1 heterocycles. The zero-order chi connectivity index (χ0) is 15.2. The molecular weight excluding hydrogens is 262 g/mol. The summed E-state index contributed by atoms with van der Waals surface area (Å²) in [7, 11) is 0. The van der Waals surface area contributed by atoms with Gasteiger partial charge in [0.2, 0.25) is 0 Å². The van der Waals surface area contributed by atoms with Gasteiger partial charge in [-0.2, -0.15) is 0 Å². The molecule has 1 aliphatic heterocycles. The first-order chi connectivity index (χ1) is 10.1. The summed E-state index contributed by atoms with van der Waals surface area (Å²) in [5.74, 6) is 2.77. The van der Waals surface area contributed by atoms with Gasteiger partial charge in [0, 0.05) is 18.2 Å². The fourth-order valence-electron chi connectivity index (χ4n) is 3.01. The zero-order valence-electron chi connectivity index (χ0n) is 13.6. The van der Waals surface area contributed by atoms with E-state index in [1.807, 2.05) is 12.1 Å². The van der Waals surface area contributed by atoms with E-state index in [1.54, 1.807) is 6.07 Å². The number of aromatic hydroxyl groups is 1. The molecule has 1 aliphatic rings. The summed E-state index contributed by atoms with van der Waals surface area (Å²) >= 11 is 0. The molecule has 1 N–H and O–H groups in total. The van der Waals surface area contributed by atoms with Crippen molar-refractivity contribution in [3.05, 3.63) is 23.8 Å². The van der Waals surface area contributed by atoms with Gasteiger partial charge < -0.3 is 9.84 Å². The van der Waals surface area contributed by atoms with Gasteiger partial charge in [-0.25, -0.2) is 0 Å². The van der Waals surface area contributed by atoms with Crippen LogP contribution in [-0.2, 0) is 6.54 Å². The van der Waals surface area contributed by atoms with E-state index in [0.717, 1.165) is 49.2 Å². The molecule has 1 saturated heterocycles. The zero-order valence-corrected chi connectivity index (χ0v) is 13.6. The standard InChI is InChI=1S/C18H29NO2/c1-4-11-21-17-6-5-16(18(20)12-17)13-19-9-7-15(8-10-19)14(2)3/h5-6,12,14-15,20H,4,7-11,13H2,1-3H3. The largest absolute Gasteiger partial charge is 0.507 e. The summed E-state index contributed by atoms with van der Waals surface area (Å²) in [6.07, 6.45) is 3.53. The van der Waals surface area contributed by atoms with Crippen LogP contribution < -0.4 is 4.74 Å². The average Bonchev–Trinajstić information content (AvgIpc) is 2.48. The minimum absolute atomic E-state index is 0.356. The summed E-state index contributed by atoms with van der Waals surface area (Å²) < 4.78 is 5.55. The minimum atomic E-state index is 0.356. The van der Waals surface area contributed by atoms with Gasteiger partial charge in [-0.15, -0.1) is 0 Å². The fraction of sp³-hybridized carbons (Fsp3) is 0.667. The molecule has 0 aliphatic carbocycles. The number of hydrogen-bond acceptors (Lipinski definition) is 3. The van der Waals surface area contributed by atoms with Crippen LogP contribution in [-0.4, -0.2) is 29.7 Å². The second-order valence-corrected chi connectivity index (χ2v) is 6.50. The molecule has 0 amide bonds. The molecule has 3 nitrogen and oxygen atoms in total. The maximum atomic E-state index is 10.2. The van der Waals surface area contributed by atoms with E-state index in [1.165, 1.54) is 12.8 Å². The Bertz CT molecular complexity index is 437. The number of benzene rings is 1. The van der Waals surface area contributed by atoms with Crippen molar-refractivity contribution in [3.8, 4) is 11.5 Å². The molecule has 0 saturated carbocycles. The third-order valence-electron chi connectivity index (χ3n) is 4.50. The molecule has 2 rings (SSSR count). The van der Waals surface area contributed by atoms with E-state index in [2.05, 4.69) is 25.7 Å². The van der Waals surface area contributed by atoms with Crippen molar-refractivity contribution >= 4 is 0 Å². The number of phenols is 1. The smallest absolute Gasteiger partial charge is 0.123 e. The first-order valence-corrected chi connectivity index (χ1v) is 8.27. The lowest BCUT2D eigenvalue weighted by Gasteiger charge is -2.34. The molecule has 0 bridgehead atoms. The predicted molar refractivity (Wildman–Crippen MR) is 86.7 cm³/mol. The molecule has 0 unspecified atom stereocenters. The second kappa shape index (κ2) is 7.69. The number of ether oxygens (including phenoxy) is 1. The van der Waals surface area contributed by atoms with E-state index >= 15 is 0 Å². The molecule has 118 valence electrons. The molecular formula is C18H29NO2. The Hall–Kier alpha value is -1.22. The Balaban J connectivity index is 1.89. The highest BCUT2D eigenvalue weighted by molar-refractivity contribution is 5.39. The first-order valence-electron chi connectivity index (χ1n) is 8.27. The fourth-order valence-corrected chi connectivity index (χ4v) is 3.01. The van der Waals surface area contributed by atoms with Crippen molar-refractivity contribution < 1.29 is 9.84 Å². The summed E-state index contributed by atoms with van der Waals surface area (Å²) in [6, 6.07) is 5.70. The third kappa shape index (κ3) is 4.63. The van der Waals surface area contributed by atoms with Crippen LogP contribution >= 0.6 is 0 Å². The molecule has 0 atom stereocenters. The molecule has 1 aromatic rings. The Morgan fingerprint density at radius 2 is 2.00 bits per heavy atom. The van der Waals surface area contributed by atoms with Gasteiger partial charge in [0.25, 0.3) is 0 Å². The summed E-state index contributed by atoms with van der Waals surface area (Å²) in [6.45, 7) is 10.5. The van der Waals surface area contributed by atoms with Gasteiger partial charge in [-0.3, -0.25) is 4.90 Å². The van der Waals surface area contributed by atoms with Crippen LogP contribution in [0.1, 0.15) is 45.6 Å². The number of hydrogen-bond donors (Lipinski definition) is 1. The van der Waals surface area contributed by atoms with Crippen molar-refractivity contribution in [2.45, 2.75) is 46.6 Å². The van der Waals surface area contributed by atoms with E-state index in [0.29, 0.717) is 12.4 Å². The van der Waals surface area contributed by atoms with E-state index < -0.39 is 0 Å². The van der Waals surface area contributed by atoms with Crippen LogP contribution in [0.2, 0.25) is 0 Å². The maximum absolute atomic E-state index is 10.2. The first kappa shape index (κ1) is 16.2. The van der Waals surface area contributed by atoms with Crippen LogP contribution in [0.25, 0.3) is 0 Å². The molecule has 21 heavy (non-hydrogen) atoms. The van der Waals surface area contributed by atoms with Crippen molar-refractivity contribution in [3.63, 3.8) is 0 Å². The Morgan fingerprint density at radius 3 is 2.57 bits per heavy atom. The van der Waals surface area contributed by atoms with Gasteiger partial charge in [0.05, 0.1) is 6.61 Å². The molecule has 0 aromatic heterocycles. The minimum Gasteiger partial charge on any atom is -0.507 e. The Morgan fingerprint density at radius 1 is 1.29 bits per heavy atom. The van der Waals surface area contributed by atoms with Crippen molar-refractivity contribution in [1.29, 1.82) is 0 Å².